The van der Waals surface area contributed by atoms with Gasteiger partial charge in [-0.25, -0.2) is 8.42 Å². The van der Waals surface area contributed by atoms with Crippen LogP contribution in [0.5, 0.6) is 0 Å². The van der Waals surface area contributed by atoms with Crippen LogP contribution in [0.1, 0.15) is 12.8 Å². The topological polar surface area (TPSA) is 89.0 Å². The van der Waals surface area contributed by atoms with E-state index in [1.54, 1.807) is 0 Å². The molecule has 1 N–H and O–H groups in total. The molecule has 22 heavy (non-hydrogen) atoms. The van der Waals surface area contributed by atoms with Crippen LogP contribution in [0, 0.1) is 5.92 Å². The van der Waals surface area contributed by atoms with Crippen molar-refractivity contribution in [1.82, 2.24) is 9.36 Å². The molecule has 2 aromatic rings. The van der Waals surface area contributed by atoms with Gasteiger partial charge in [0.2, 0.25) is 11.0 Å². The van der Waals surface area contributed by atoms with Crippen molar-refractivity contribution in [2.24, 2.45) is 5.92 Å². The molecule has 8 heteroatoms. The molecule has 1 aliphatic rings. The van der Waals surface area contributed by atoms with E-state index in [-0.39, 0.29) is 29.8 Å². The zero-order valence-corrected chi connectivity index (χ0v) is 13.4. The lowest BCUT2D eigenvalue weighted by Crippen LogP contribution is -2.17. The summed E-state index contributed by atoms with van der Waals surface area (Å²) in [6.07, 6.45) is 0.765. The van der Waals surface area contributed by atoms with Gasteiger partial charge in [-0.1, -0.05) is 30.3 Å². The normalized spacial score (nSPS) is 19.9. The maximum Gasteiger partial charge on any atom is 0.226 e. The first-order chi connectivity index (χ1) is 10.5. The highest BCUT2D eigenvalue weighted by Crippen LogP contribution is 2.24. The minimum absolute atomic E-state index is 0.0912. The highest BCUT2D eigenvalue weighted by molar-refractivity contribution is 7.91. The number of benzene rings is 1. The smallest absolute Gasteiger partial charge is 0.226 e. The Morgan fingerprint density at radius 2 is 2.09 bits per heavy atom. The average Bonchev–Trinajstić information content (AvgIpc) is 3.06. The van der Waals surface area contributed by atoms with Crippen molar-refractivity contribution in [3.8, 4) is 11.4 Å². The quantitative estimate of drug-likeness (QED) is 0.921. The highest BCUT2D eigenvalue weighted by Gasteiger charge is 2.29. The van der Waals surface area contributed by atoms with Crippen LogP contribution in [0.15, 0.2) is 30.3 Å². The van der Waals surface area contributed by atoms with Crippen molar-refractivity contribution in [1.29, 1.82) is 0 Å². The number of rotatable bonds is 4. The fraction of sp³-hybridized carbons (Fsp3) is 0.357. The first-order valence-electron chi connectivity index (χ1n) is 6.91. The van der Waals surface area contributed by atoms with Crippen molar-refractivity contribution in [2.75, 3.05) is 16.8 Å². The summed E-state index contributed by atoms with van der Waals surface area (Å²) in [4.78, 5) is 16.2. The lowest BCUT2D eigenvalue weighted by Gasteiger charge is -2.06. The molecular formula is C14H15N3O3S2. The molecule has 0 saturated carbocycles. The maximum absolute atomic E-state index is 12.0. The number of hydrogen-bond donors (Lipinski definition) is 1. The summed E-state index contributed by atoms with van der Waals surface area (Å²) < 4.78 is 27.0. The van der Waals surface area contributed by atoms with E-state index in [1.807, 2.05) is 30.3 Å². The Labute approximate surface area is 132 Å². The number of nitrogens with one attached hydrogen (secondary N) is 1. The van der Waals surface area contributed by atoms with Gasteiger partial charge in [-0.05, 0) is 12.3 Å². The first-order valence-corrected chi connectivity index (χ1v) is 9.51. The van der Waals surface area contributed by atoms with E-state index in [4.69, 9.17) is 0 Å². The van der Waals surface area contributed by atoms with Gasteiger partial charge in [0.05, 0.1) is 11.5 Å². The van der Waals surface area contributed by atoms with E-state index < -0.39 is 9.84 Å². The molecule has 1 aromatic carbocycles. The summed E-state index contributed by atoms with van der Waals surface area (Å²) in [6, 6.07) is 9.51. The monoisotopic (exact) mass is 337 g/mol. The second-order valence-electron chi connectivity index (χ2n) is 5.31. The molecule has 1 fully saturated rings. The molecule has 2 heterocycles. The zero-order valence-electron chi connectivity index (χ0n) is 11.7. The lowest BCUT2D eigenvalue weighted by molar-refractivity contribution is -0.116. The number of hydrogen-bond acceptors (Lipinski definition) is 6. The van der Waals surface area contributed by atoms with Gasteiger partial charge in [0.25, 0.3) is 0 Å². The van der Waals surface area contributed by atoms with E-state index in [9.17, 15) is 13.2 Å². The van der Waals surface area contributed by atoms with Gasteiger partial charge < -0.3 is 5.32 Å². The summed E-state index contributed by atoms with van der Waals surface area (Å²) in [5.41, 5.74) is 0.890. The Balaban J connectivity index is 1.60. The molecule has 1 aromatic heterocycles. The second kappa shape index (κ2) is 6.13. The minimum atomic E-state index is -2.95. The maximum atomic E-state index is 12.0. The molecule has 6 nitrogen and oxygen atoms in total. The van der Waals surface area contributed by atoms with Crippen LogP contribution in [0.2, 0.25) is 0 Å². The summed E-state index contributed by atoms with van der Waals surface area (Å²) in [7, 11) is -2.95. The van der Waals surface area contributed by atoms with Gasteiger partial charge in [-0.3, -0.25) is 4.79 Å². The molecule has 0 aliphatic carbocycles. The van der Waals surface area contributed by atoms with Gasteiger partial charge in [-0.2, -0.15) is 9.36 Å². The largest absolute Gasteiger partial charge is 0.301 e. The van der Waals surface area contributed by atoms with Gasteiger partial charge in [-0.15, -0.1) is 0 Å². The fourth-order valence-electron chi connectivity index (χ4n) is 2.44. The van der Waals surface area contributed by atoms with Gasteiger partial charge in [0, 0.05) is 23.5 Å². The van der Waals surface area contributed by atoms with Crippen molar-refractivity contribution in [3.63, 3.8) is 0 Å². The summed E-state index contributed by atoms with van der Waals surface area (Å²) in [6.45, 7) is 0. The Bertz CT molecular complexity index is 772. The van der Waals surface area contributed by atoms with Crippen LogP contribution in [0.3, 0.4) is 0 Å². The molecule has 1 aliphatic heterocycles. The van der Waals surface area contributed by atoms with Gasteiger partial charge in [0.1, 0.15) is 0 Å². The van der Waals surface area contributed by atoms with Crippen molar-refractivity contribution in [2.45, 2.75) is 12.8 Å². The number of amides is 1. The molecule has 116 valence electrons. The Morgan fingerprint density at radius 1 is 1.32 bits per heavy atom. The van der Waals surface area contributed by atoms with Crippen LogP contribution >= 0.6 is 11.5 Å². The second-order valence-corrected chi connectivity index (χ2v) is 8.29. The standard InChI is InChI=1S/C14H15N3O3S2/c18-12(8-10-6-7-22(19,20)9-10)15-14-16-13(17-21-14)11-4-2-1-3-5-11/h1-5,10H,6-9H2,(H,15,16,17,18)/t10-/m0/s1. The van der Waals surface area contributed by atoms with E-state index in [0.29, 0.717) is 17.4 Å². The van der Waals surface area contributed by atoms with Crippen molar-refractivity contribution < 1.29 is 13.2 Å². The SMILES string of the molecule is O=C(C[C@@H]1CCS(=O)(=O)C1)Nc1nc(-c2ccccc2)ns1. The molecular weight excluding hydrogens is 322 g/mol. The van der Waals surface area contributed by atoms with Crippen molar-refractivity contribution >= 4 is 32.4 Å². The van der Waals surface area contributed by atoms with Crippen LogP contribution in [-0.2, 0) is 14.6 Å². The van der Waals surface area contributed by atoms with Crippen LogP contribution in [-0.4, -0.2) is 35.2 Å². The molecule has 1 amide bonds. The van der Waals surface area contributed by atoms with Gasteiger partial charge >= 0.3 is 0 Å². The fourth-order valence-corrected chi connectivity index (χ4v) is 4.91. The third-order valence-electron chi connectivity index (χ3n) is 3.51. The number of aromatic nitrogens is 2. The minimum Gasteiger partial charge on any atom is -0.301 e. The highest BCUT2D eigenvalue weighted by atomic mass is 32.2. The Hall–Kier alpha value is -1.80. The van der Waals surface area contributed by atoms with Crippen LogP contribution in [0.4, 0.5) is 5.13 Å². The van der Waals surface area contributed by atoms with Crippen LogP contribution in [0.25, 0.3) is 11.4 Å². The molecule has 0 bridgehead atoms. The molecule has 0 radical (unpaired) electrons. The predicted molar refractivity (Wildman–Crippen MR) is 85.4 cm³/mol. The number of nitrogens with zero attached hydrogens (tertiary/aromatic N) is 2. The summed E-state index contributed by atoms with van der Waals surface area (Å²) >= 11 is 1.12. The predicted octanol–water partition coefficient (Wildman–Crippen LogP) is 1.97. The van der Waals surface area contributed by atoms with E-state index in [2.05, 4.69) is 14.7 Å². The Kier molecular flexibility index (Phi) is 4.21. The summed E-state index contributed by atoms with van der Waals surface area (Å²) in [5, 5.41) is 3.13. The number of carbonyl (C=O) groups is 1. The lowest BCUT2D eigenvalue weighted by atomic mass is 10.1. The zero-order chi connectivity index (χ0) is 15.6. The molecule has 1 saturated heterocycles. The third kappa shape index (κ3) is 3.69. The number of carbonyl (C=O) groups excluding carboxylic acids is 1. The molecule has 0 spiro atoms. The molecule has 1 atom stereocenters. The van der Waals surface area contributed by atoms with E-state index in [0.717, 1.165) is 17.1 Å². The Morgan fingerprint density at radius 3 is 2.77 bits per heavy atom. The third-order valence-corrected chi connectivity index (χ3v) is 5.97. The van der Waals surface area contributed by atoms with Crippen LogP contribution < -0.4 is 5.32 Å². The van der Waals surface area contributed by atoms with E-state index in [1.165, 1.54) is 0 Å². The van der Waals surface area contributed by atoms with Crippen molar-refractivity contribution in [3.05, 3.63) is 30.3 Å². The molecule has 0 unspecified atom stereocenters. The van der Waals surface area contributed by atoms with Gasteiger partial charge in [0.15, 0.2) is 15.7 Å². The number of anilines is 1. The molecule has 3 rings (SSSR count). The number of sulfone groups is 1. The summed E-state index contributed by atoms with van der Waals surface area (Å²) in [5.74, 6) is 0.557. The average molecular weight is 337 g/mol. The van der Waals surface area contributed by atoms with E-state index >= 15 is 0 Å². The first kappa shape index (κ1) is 15.1.